The number of ether oxygens (including phenoxy) is 1. The molecule has 1 amide bonds. The fourth-order valence-electron chi connectivity index (χ4n) is 1.67. The Labute approximate surface area is 136 Å². The van der Waals surface area contributed by atoms with Crippen LogP contribution in [0.5, 0.6) is 5.75 Å². The minimum atomic E-state index is -0.776. The number of hydrogen-bond donors (Lipinski definition) is 3. The van der Waals surface area contributed by atoms with Crippen LogP contribution in [0.3, 0.4) is 0 Å². The second kappa shape index (κ2) is 10.7. The monoisotopic (exact) mass is 334 g/mol. The van der Waals surface area contributed by atoms with E-state index in [2.05, 4.69) is 5.32 Å². The van der Waals surface area contributed by atoms with Gasteiger partial charge in [-0.05, 0) is 36.1 Å². The van der Waals surface area contributed by atoms with Gasteiger partial charge in [0.1, 0.15) is 5.75 Å². The highest BCUT2D eigenvalue weighted by molar-refractivity contribution is 7.98. The molecular formula is C14H23ClN2O3S. The van der Waals surface area contributed by atoms with Crippen LogP contribution in [-0.4, -0.2) is 42.7 Å². The Bertz CT molecular complexity index is 434. The van der Waals surface area contributed by atoms with Gasteiger partial charge in [0.05, 0.1) is 19.3 Å². The SMILES string of the molecule is COc1cccc(C(O)CNC(=O)[C@@H](N)CCSC)c1.Cl. The molecule has 7 heteroatoms. The zero-order valence-electron chi connectivity index (χ0n) is 12.2. The van der Waals surface area contributed by atoms with Gasteiger partial charge in [-0.25, -0.2) is 0 Å². The maximum atomic E-state index is 11.7. The molecule has 1 aromatic rings. The van der Waals surface area contributed by atoms with Gasteiger partial charge in [0.2, 0.25) is 5.91 Å². The average Bonchev–Trinajstić information content (AvgIpc) is 2.49. The standard InChI is InChI=1S/C14H22N2O3S.ClH/c1-19-11-5-3-4-10(8-11)13(17)9-16-14(18)12(15)6-7-20-2;/h3-5,8,12-13,17H,6-7,9,15H2,1-2H3,(H,16,18);1H/t12-,13?;/m0./s1. The molecule has 0 saturated heterocycles. The molecule has 0 spiro atoms. The van der Waals surface area contributed by atoms with Crippen molar-refractivity contribution < 1.29 is 14.6 Å². The summed E-state index contributed by atoms with van der Waals surface area (Å²) < 4.78 is 5.09. The number of methoxy groups -OCH3 is 1. The molecule has 0 heterocycles. The van der Waals surface area contributed by atoms with E-state index in [1.54, 1.807) is 43.1 Å². The molecule has 0 radical (unpaired) electrons. The topological polar surface area (TPSA) is 84.6 Å². The lowest BCUT2D eigenvalue weighted by atomic mass is 10.1. The number of nitrogens with one attached hydrogen (secondary N) is 1. The van der Waals surface area contributed by atoms with Gasteiger partial charge < -0.3 is 20.9 Å². The fraction of sp³-hybridized carbons (Fsp3) is 0.500. The fourth-order valence-corrected chi connectivity index (χ4v) is 2.16. The summed E-state index contributed by atoms with van der Waals surface area (Å²) >= 11 is 1.65. The van der Waals surface area contributed by atoms with Crippen molar-refractivity contribution >= 4 is 30.1 Å². The quantitative estimate of drug-likeness (QED) is 0.668. The minimum Gasteiger partial charge on any atom is -0.497 e. The second-order valence-corrected chi connectivity index (χ2v) is 5.41. The molecule has 0 aromatic heterocycles. The number of benzene rings is 1. The third kappa shape index (κ3) is 7.04. The number of rotatable bonds is 8. The molecule has 0 fully saturated rings. The van der Waals surface area contributed by atoms with Gasteiger partial charge in [-0.2, -0.15) is 11.8 Å². The third-order valence-electron chi connectivity index (χ3n) is 2.92. The Kier molecular flexibility index (Phi) is 10.2. The highest BCUT2D eigenvalue weighted by atomic mass is 35.5. The summed E-state index contributed by atoms with van der Waals surface area (Å²) in [6.45, 7) is 0.138. The average molecular weight is 335 g/mol. The molecular weight excluding hydrogens is 312 g/mol. The summed E-state index contributed by atoms with van der Waals surface area (Å²) in [5, 5.41) is 12.7. The minimum absolute atomic E-state index is 0. The van der Waals surface area contributed by atoms with Crippen LogP contribution in [0.25, 0.3) is 0 Å². The largest absolute Gasteiger partial charge is 0.497 e. The Balaban J connectivity index is 0.00000400. The summed E-state index contributed by atoms with van der Waals surface area (Å²) in [4.78, 5) is 11.7. The first-order chi connectivity index (χ1) is 9.58. The predicted octanol–water partition coefficient (Wildman–Crippen LogP) is 1.35. The zero-order valence-corrected chi connectivity index (χ0v) is 13.9. The summed E-state index contributed by atoms with van der Waals surface area (Å²) in [5.74, 6) is 1.28. The number of aliphatic hydroxyl groups excluding tert-OH is 1. The number of thioether (sulfide) groups is 1. The summed E-state index contributed by atoms with van der Waals surface area (Å²) in [5.41, 5.74) is 6.44. The lowest BCUT2D eigenvalue weighted by Gasteiger charge is -2.15. The number of hydrogen-bond acceptors (Lipinski definition) is 5. The van der Waals surface area contributed by atoms with E-state index in [0.29, 0.717) is 17.7 Å². The van der Waals surface area contributed by atoms with E-state index in [9.17, 15) is 9.90 Å². The van der Waals surface area contributed by atoms with Crippen LogP contribution in [0, 0.1) is 0 Å². The van der Waals surface area contributed by atoms with Crippen molar-refractivity contribution in [2.24, 2.45) is 5.73 Å². The van der Waals surface area contributed by atoms with E-state index in [0.717, 1.165) is 5.75 Å². The Morgan fingerprint density at radius 2 is 2.24 bits per heavy atom. The number of aliphatic hydroxyl groups is 1. The molecule has 1 aromatic carbocycles. The van der Waals surface area contributed by atoms with Gasteiger partial charge in [-0.3, -0.25) is 4.79 Å². The van der Waals surface area contributed by atoms with Gasteiger partial charge in [0, 0.05) is 6.54 Å². The van der Waals surface area contributed by atoms with Crippen molar-refractivity contribution in [3.8, 4) is 5.75 Å². The molecule has 2 atom stereocenters. The number of carbonyl (C=O) groups excluding carboxylic acids is 1. The van der Waals surface area contributed by atoms with Crippen molar-refractivity contribution in [1.29, 1.82) is 0 Å². The second-order valence-electron chi connectivity index (χ2n) is 4.43. The summed E-state index contributed by atoms with van der Waals surface area (Å²) in [7, 11) is 1.57. The first-order valence-corrected chi connectivity index (χ1v) is 7.82. The van der Waals surface area contributed by atoms with Crippen molar-refractivity contribution in [3.05, 3.63) is 29.8 Å². The first-order valence-electron chi connectivity index (χ1n) is 6.42. The van der Waals surface area contributed by atoms with E-state index < -0.39 is 12.1 Å². The smallest absolute Gasteiger partial charge is 0.237 e. The molecule has 4 N–H and O–H groups in total. The summed E-state index contributed by atoms with van der Waals surface area (Å²) in [6.07, 6.45) is 1.82. The number of nitrogens with two attached hydrogens (primary N) is 1. The normalized spacial score (nSPS) is 13.0. The first kappa shape index (κ1) is 20.1. The lowest BCUT2D eigenvalue weighted by Crippen LogP contribution is -2.42. The van der Waals surface area contributed by atoms with Crippen LogP contribution in [0.1, 0.15) is 18.1 Å². The number of amides is 1. The van der Waals surface area contributed by atoms with E-state index in [1.165, 1.54) is 0 Å². The van der Waals surface area contributed by atoms with Crippen molar-refractivity contribution in [1.82, 2.24) is 5.32 Å². The molecule has 21 heavy (non-hydrogen) atoms. The van der Waals surface area contributed by atoms with Crippen LogP contribution in [0.15, 0.2) is 24.3 Å². The molecule has 0 aliphatic heterocycles. The van der Waals surface area contributed by atoms with E-state index in [4.69, 9.17) is 10.5 Å². The van der Waals surface area contributed by atoms with Crippen molar-refractivity contribution in [3.63, 3.8) is 0 Å². The van der Waals surface area contributed by atoms with Gasteiger partial charge in [0.25, 0.3) is 0 Å². The van der Waals surface area contributed by atoms with E-state index >= 15 is 0 Å². The molecule has 5 nitrogen and oxygen atoms in total. The molecule has 120 valence electrons. The van der Waals surface area contributed by atoms with Crippen LogP contribution in [0.2, 0.25) is 0 Å². The van der Waals surface area contributed by atoms with Gasteiger partial charge >= 0.3 is 0 Å². The van der Waals surface area contributed by atoms with Crippen LogP contribution in [0.4, 0.5) is 0 Å². The molecule has 0 aliphatic carbocycles. The maximum absolute atomic E-state index is 11.7. The Hall–Kier alpha value is -0.950. The van der Waals surface area contributed by atoms with E-state index in [1.807, 2.05) is 6.26 Å². The molecule has 0 aliphatic rings. The highest BCUT2D eigenvalue weighted by Crippen LogP contribution is 2.18. The predicted molar refractivity (Wildman–Crippen MR) is 89.2 cm³/mol. The highest BCUT2D eigenvalue weighted by Gasteiger charge is 2.15. The maximum Gasteiger partial charge on any atom is 0.237 e. The van der Waals surface area contributed by atoms with Crippen molar-refractivity contribution in [2.45, 2.75) is 18.6 Å². The number of halogens is 1. The lowest BCUT2D eigenvalue weighted by molar-refractivity contribution is -0.122. The van der Waals surface area contributed by atoms with Gasteiger partial charge in [-0.1, -0.05) is 12.1 Å². The van der Waals surface area contributed by atoms with Crippen LogP contribution >= 0.6 is 24.2 Å². The molecule has 1 unspecified atom stereocenters. The molecule has 0 bridgehead atoms. The Morgan fingerprint density at radius 1 is 1.52 bits per heavy atom. The zero-order chi connectivity index (χ0) is 15.0. The Morgan fingerprint density at radius 3 is 2.86 bits per heavy atom. The molecule has 0 saturated carbocycles. The van der Waals surface area contributed by atoms with Crippen molar-refractivity contribution in [2.75, 3.05) is 25.7 Å². The van der Waals surface area contributed by atoms with E-state index in [-0.39, 0.29) is 24.9 Å². The van der Waals surface area contributed by atoms with Crippen LogP contribution < -0.4 is 15.8 Å². The number of carbonyl (C=O) groups is 1. The third-order valence-corrected chi connectivity index (χ3v) is 3.56. The molecule has 1 rings (SSSR count). The van der Waals surface area contributed by atoms with Crippen LogP contribution in [-0.2, 0) is 4.79 Å². The summed E-state index contributed by atoms with van der Waals surface area (Å²) in [6, 6.07) is 6.59. The van der Waals surface area contributed by atoms with Gasteiger partial charge in [0.15, 0.2) is 0 Å². The van der Waals surface area contributed by atoms with Gasteiger partial charge in [-0.15, -0.1) is 12.4 Å².